The third-order valence-corrected chi connectivity index (χ3v) is 4.15. The molecule has 0 atom stereocenters. The summed E-state index contributed by atoms with van der Waals surface area (Å²) in [7, 11) is 1.34. The molecule has 0 bridgehead atoms. The van der Waals surface area contributed by atoms with Crippen molar-refractivity contribution in [3.63, 3.8) is 0 Å². The van der Waals surface area contributed by atoms with E-state index in [0.717, 1.165) is 12.8 Å². The van der Waals surface area contributed by atoms with Crippen LogP contribution in [0.5, 0.6) is 0 Å². The molecule has 0 aliphatic carbocycles. The molecule has 5 nitrogen and oxygen atoms in total. The Morgan fingerprint density at radius 3 is 2.70 bits per heavy atom. The molecule has 2 rings (SSSR count). The lowest BCUT2D eigenvalue weighted by Crippen LogP contribution is -2.11. The number of nitrogens with zero attached hydrogens (tertiary/aromatic N) is 1. The fourth-order valence-corrected chi connectivity index (χ4v) is 2.78. The van der Waals surface area contributed by atoms with Crippen LogP contribution in [-0.4, -0.2) is 24.0 Å². The fraction of sp³-hybridized carbons (Fsp3) is 0.353. The molecular weight excluding hydrogens is 312 g/mol. The van der Waals surface area contributed by atoms with Gasteiger partial charge in [0.15, 0.2) is 5.13 Å². The average molecular weight is 332 g/mol. The lowest BCUT2D eigenvalue weighted by molar-refractivity contribution is -0.139. The summed E-state index contributed by atoms with van der Waals surface area (Å²) >= 11 is 1.31. The normalized spacial score (nSPS) is 10.3. The van der Waals surface area contributed by atoms with Crippen LogP contribution in [0.4, 0.5) is 5.13 Å². The van der Waals surface area contributed by atoms with Crippen molar-refractivity contribution < 1.29 is 14.3 Å². The SMILES string of the molecule is COC(=O)Cc1csc(NC(=O)CCCc2ccc(C)cc2)n1. The highest BCUT2D eigenvalue weighted by molar-refractivity contribution is 7.13. The predicted molar refractivity (Wildman–Crippen MR) is 90.6 cm³/mol. The first-order chi connectivity index (χ1) is 11.1. The number of carbonyl (C=O) groups is 2. The average Bonchev–Trinajstić information content (AvgIpc) is 2.96. The number of rotatable bonds is 7. The van der Waals surface area contributed by atoms with Gasteiger partial charge in [0.05, 0.1) is 19.2 Å². The quantitative estimate of drug-likeness (QED) is 0.791. The zero-order valence-electron chi connectivity index (χ0n) is 13.3. The molecule has 2 aromatic rings. The second kappa shape index (κ2) is 8.43. The second-order valence-corrected chi connectivity index (χ2v) is 6.14. The van der Waals surface area contributed by atoms with E-state index in [4.69, 9.17) is 0 Å². The van der Waals surface area contributed by atoms with E-state index >= 15 is 0 Å². The van der Waals surface area contributed by atoms with E-state index in [0.29, 0.717) is 17.2 Å². The summed E-state index contributed by atoms with van der Waals surface area (Å²) in [6.45, 7) is 2.06. The minimum atomic E-state index is -0.341. The van der Waals surface area contributed by atoms with Crippen LogP contribution in [0, 0.1) is 6.92 Å². The van der Waals surface area contributed by atoms with Gasteiger partial charge in [0.25, 0.3) is 0 Å². The molecule has 1 N–H and O–H groups in total. The van der Waals surface area contributed by atoms with Gasteiger partial charge in [0.1, 0.15) is 0 Å². The lowest BCUT2D eigenvalue weighted by atomic mass is 10.1. The number of aryl methyl sites for hydroxylation is 2. The highest BCUT2D eigenvalue weighted by Crippen LogP contribution is 2.17. The van der Waals surface area contributed by atoms with Gasteiger partial charge >= 0.3 is 5.97 Å². The first-order valence-corrected chi connectivity index (χ1v) is 8.31. The Labute approximate surface area is 139 Å². The second-order valence-electron chi connectivity index (χ2n) is 5.28. The van der Waals surface area contributed by atoms with Gasteiger partial charge in [0, 0.05) is 11.8 Å². The molecule has 0 aliphatic heterocycles. The van der Waals surface area contributed by atoms with Crippen molar-refractivity contribution in [2.45, 2.75) is 32.6 Å². The summed E-state index contributed by atoms with van der Waals surface area (Å²) in [5.41, 5.74) is 3.08. The number of carbonyl (C=O) groups excluding carboxylic acids is 2. The Morgan fingerprint density at radius 2 is 2.00 bits per heavy atom. The summed E-state index contributed by atoms with van der Waals surface area (Å²) in [4.78, 5) is 27.3. The van der Waals surface area contributed by atoms with Crippen molar-refractivity contribution in [3.05, 3.63) is 46.5 Å². The minimum Gasteiger partial charge on any atom is -0.469 e. The smallest absolute Gasteiger partial charge is 0.311 e. The summed E-state index contributed by atoms with van der Waals surface area (Å²) < 4.78 is 4.59. The number of anilines is 1. The van der Waals surface area contributed by atoms with Crippen molar-refractivity contribution >= 4 is 28.3 Å². The molecule has 0 spiro atoms. The van der Waals surface area contributed by atoms with Crippen LogP contribution < -0.4 is 5.32 Å². The van der Waals surface area contributed by atoms with Crippen LogP contribution in [-0.2, 0) is 27.2 Å². The number of methoxy groups -OCH3 is 1. The molecule has 1 heterocycles. The molecule has 122 valence electrons. The number of nitrogens with one attached hydrogen (secondary N) is 1. The van der Waals surface area contributed by atoms with Crippen LogP contribution in [0.25, 0.3) is 0 Å². The first-order valence-electron chi connectivity index (χ1n) is 7.43. The Morgan fingerprint density at radius 1 is 1.26 bits per heavy atom. The maximum atomic E-state index is 11.9. The molecule has 0 fully saturated rings. The highest BCUT2D eigenvalue weighted by Gasteiger charge is 2.10. The van der Waals surface area contributed by atoms with Gasteiger partial charge in [-0.05, 0) is 25.3 Å². The van der Waals surface area contributed by atoms with Gasteiger partial charge in [-0.25, -0.2) is 4.98 Å². The first kappa shape index (κ1) is 17.1. The molecule has 6 heteroatoms. The van der Waals surface area contributed by atoms with Gasteiger partial charge in [-0.2, -0.15) is 0 Å². The molecule has 0 saturated carbocycles. The molecule has 1 aromatic heterocycles. The maximum absolute atomic E-state index is 11.9. The number of aromatic nitrogens is 1. The van der Waals surface area contributed by atoms with Crippen molar-refractivity contribution in [3.8, 4) is 0 Å². The monoisotopic (exact) mass is 332 g/mol. The van der Waals surface area contributed by atoms with E-state index in [9.17, 15) is 9.59 Å². The fourth-order valence-electron chi connectivity index (χ4n) is 2.06. The van der Waals surface area contributed by atoms with Crippen LogP contribution in [0.3, 0.4) is 0 Å². The standard InChI is InChI=1S/C17H20N2O3S/c1-12-6-8-13(9-7-12)4-3-5-15(20)19-17-18-14(11-23-17)10-16(21)22-2/h6-9,11H,3-5,10H2,1-2H3,(H,18,19,20). The van der Waals surface area contributed by atoms with E-state index in [2.05, 4.69) is 46.2 Å². The van der Waals surface area contributed by atoms with Gasteiger partial charge in [0.2, 0.25) is 5.91 Å². The van der Waals surface area contributed by atoms with E-state index in [-0.39, 0.29) is 18.3 Å². The van der Waals surface area contributed by atoms with E-state index in [1.807, 2.05) is 0 Å². The molecule has 1 aromatic carbocycles. The molecule has 0 unspecified atom stereocenters. The molecule has 23 heavy (non-hydrogen) atoms. The van der Waals surface area contributed by atoms with Crippen LogP contribution in [0.15, 0.2) is 29.6 Å². The highest BCUT2D eigenvalue weighted by atomic mass is 32.1. The van der Waals surface area contributed by atoms with Crippen molar-refractivity contribution in [1.29, 1.82) is 0 Å². The zero-order valence-corrected chi connectivity index (χ0v) is 14.1. The molecule has 0 saturated heterocycles. The van der Waals surface area contributed by atoms with Gasteiger partial charge in [-0.3, -0.25) is 9.59 Å². The van der Waals surface area contributed by atoms with Crippen LogP contribution in [0.1, 0.15) is 29.7 Å². The molecule has 1 amide bonds. The number of thiazole rings is 1. The van der Waals surface area contributed by atoms with Crippen molar-refractivity contribution in [2.75, 3.05) is 12.4 Å². The van der Waals surface area contributed by atoms with Gasteiger partial charge in [-0.15, -0.1) is 11.3 Å². The van der Waals surface area contributed by atoms with E-state index < -0.39 is 0 Å². The predicted octanol–water partition coefficient (Wildman–Crippen LogP) is 3.13. The van der Waals surface area contributed by atoms with Gasteiger partial charge in [-0.1, -0.05) is 29.8 Å². The van der Waals surface area contributed by atoms with Crippen LogP contribution in [0.2, 0.25) is 0 Å². The summed E-state index contributed by atoms with van der Waals surface area (Å²) in [6.07, 6.45) is 2.23. The Balaban J connectivity index is 1.74. The number of hydrogen-bond acceptors (Lipinski definition) is 5. The van der Waals surface area contributed by atoms with Crippen LogP contribution >= 0.6 is 11.3 Å². The molecular formula is C17H20N2O3S. The third kappa shape index (κ3) is 5.83. The number of amides is 1. The zero-order chi connectivity index (χ0) is 16.7. The minimum absolute atomic E-state index is 0.0592. The Bertz CT molecular complexity index is 665. The molecule has 0 aliphatic rings. The largest absolute Gasteiger partial charge is 0.469 e. The van der Waals surface area contributed by atoms with Crippen molar-refractivity contribution in [1.82, 2.24) is 4.98 Å². The third-order valence-electron chi connectivity index (χ3n) is 3.34. The maximum Gasteiger partial charge on any atom is 0.311 e. The lowest BCUT2D eigenvalue weighted by Gasteiger charge is -2.03. The van der Waals surface area contributed by atoms with Gasteiger partial charge < -0.3 is 10.1 Å². The van der Waals surface area contributed by atoms with E-state index in [1.165, 1.54) is 29.6 Å². The topological polar surface area (TPSA) is 68.3 Å². The van der Waals surface area contributed by atoms with Crippen molar-refractivity contribution in [2.24, 2.45) is 0 Å². The number of hydrogen-bond donors (Lipinski definition) is 1. The number of benzene rings is 1. The summed E-state index contributed by atoms with van der Waals surface area (Å²) in [5.74, 6) is -0.401. The summed E-state index contributed by atoms with van der Waals surface area (Å²) in [5, 5.41) is 5.03. The molecule has 0 radical (unpaired) electrons. The Hall–Kier alpha value is -2.21. The summed E-state index contributed by atoms with van der Waals surface area (Å²) in [6, 6.07) is 8.34. The number of ether oxygens (including phenoxy) is 1. The Kier molecular flexibility index (Phi) is 6.29. The number of esters is 1. The van der Waals surface area contributed by atoms with E-state index in [1.54, 1.807) is 5.38 Å².